The molecule has 35 heavy (non-hydrogen) atoms. The number of nitrogens with zero attached hydrogens (tertiary/aromatic N) is 6. The molecule has 5 rings (SSSR count). The summed E-state index contributed by atoms with van der Waals surface area (Å²) >= 11 is 0. The Morgan fingerprint density at radius 2 is 1.97 bits per heavy atom. The van der Waals surface area contributed by atoms with Gasteiger partial charge in [0.15, 0.2) is 17.2 Å². The number of aromatic nitrogens is 6. The summed E-state index contributed by atoms with van der Waals surface area (Å²) in [6, 6.07) is 9.19. The van der Waals surface area contributed by atoms with Crippen molar-refractivity contribution >= 4 is 22.6 Å². The minimum absolute atomic E-state index is 0.0991. The van der Waals surface area contributed by atoms with Crippen molar-refractivity contribution in [2.75, 3.05) is 5.73 Å². The van der Waals surface area contributed by atoms with Gasteiger partial charge in [0.1, 0.15) is 17.8 Å². The monoisotopic (exact) mass is 476 g/mol. The number of carbonyl (C=O) groups is 1. The van der Waals surface area contributed by atoms with Crippen LogP contribution in [0.1, 0.15) is 16.3 Å². The highest BCUT2D eigenvalue weighted by Gasteiger charge is 2.22. The lowest BCUT2D eigenvalue weighted by atomic mass is 10.1. The second-order valence-corrected chi connectivity index (χ2v) is 7.47. The number of pyridine rings is 1. The van der Waals surface area contributed by atoms with E-state index in [2.05, 4.69) is 30.2 Å². The molecule has 4 heterocycles. The Kier molecular flexibility index (Phi) is 5.83. The number of hydrogen-bond donors (Lipinski definition) is 2. The third-order valence-corrected chi connectivity index (χ3v) is 5.19. The van der Waals surface area contributed by atoms with E-state index in [1.54, 1.807) is 12.3 Å². The minimum Gasteiger partial charge on any atom is -0.443 e. The third-order valence-electron chi connectivity index (χ3n) is 5.19. The molecule has 1 aromatic carbocycles. The fourth-order valence-electron chi connectivity index (χ4n) is 3.59. The van der Waals surface area contributed by atoms with E-state index in [1.807, 2.05) is 24.3 Å². The van der Waals surface area contributed by atoms with Gasteiger partial charge in [-0.1, -0.05) is 12.1 Å². The van der Waals surface area contributed by atoms with Crippen molar-refractivity contribution in [3.05, 3.63) is 72.9 Å². The molecule has 0 fully saturated rings. The fraction of sp³-hybridized carbons (Fsp3) is 0.130. The van der Waals surface area contributed by atoms with Crippen molar-refractivity contribution in [3.8, 4) is 22.8 Å². The van der Waals surface area contributed by atoms with Gasteiger partial charge in [0.2, 0.25) is 5.89 Å². The van der Waals surface area contributed by atoms with Crippen LogP contribution in [0.15, 0.2) is 65.8 Å². The van der Waals surface area contributed by atoms with Gasteiger partial charge in [-0.2, -0.15) is 0 Å². The van der Waals surface area contributed by atoms with Gasteiger partial charge in [0.25, 0.3) is 12.3 Å². The third kappa shape index (κ3) is 4.53. The first-order valence-electron chi connectivity index (χ1n) is 10.5. The van der Waals surface area contributed by atoms with Crippen molar-refractivity contribution in [3.63, 3.8) is 0 Å². The number of fused-ring (bicyclic) bond motifs is 1. The molecule has 10 nitrogen and oxygen atoms in total. The van der Waals surface area contributed by atoms with E-state index in [0.717, 1.165) is 10.9 Å². The Balaban J connectivity index is 1.51. The molecule has 4 aromatic heterocycles. The van der Waals surface area contributed by atoms with E-state index >= 15 is 0 Å². The lowest BCUT2D eigenvalue weighted by Gasteiger charge is -2.12. The number of imidazole rings is 1. The molecule has 176 valence electrons. The number of halogens is 2. The van der Waals surface area contributed by atoms with Crippen LogP contribution >= 0.6 is 0 Å². The second kappa shape index (κ2) is 9.25. The topological polar surface area (TPSA) is 138 Å². The summed E-state index contributed by atoms with van der Waals surface area (Å²) in [7, 11) is 0. The Morgan fingerprint density at radius 1 is 1.09 bits per heavy atom. The summed E-state index contributed by atoms with van der Waals surface area (Å²) in [6.45, 7) is -0.628. The number of amides is 1. The highest BCUT2D eigenvalue weighted by atomic mass is 19.3. The Hall–Kier alpha value is -4.74. The van der Waals surface area contributed by atoms with E-state index < -0.39 is 18.9 Å². The van der Waals surface area contributed by atoms with Gasteiger partial charge in [-0.05, 0) is 18.2 Å². The maximum atomic E-state index is 13.0. The van der Waals surface area contributed by atoms with Gasteiger partial charge in [-0.15, -0.1) is 0 Å². The van der Waals surface area contributed by atoms with Crippen LogP contribution in [0.4, 0.5) is 14.6 Å². The number of oxazole rings is 1. The molecule has 0 saturated carbocycles. The highest BCUT2D eigenvalue weighted by molar-refractivity contribution is 5.98. The molecule has 0 aliphatic carbocycles. The molecule has 12 heteroatoms. The minimum atomic E-state index is -2.55. The molecule has 0 aliphatic rings. The average molecular weight is 476 g/mol. The van der Waals surface area contributed by atoms with Crippen molar-refractivity contribution in [2.45, 2.75) is 19.5 Å². The molecule has 0 spiro atoms. The molecule has 0 radical (unpaired) electrons. The number of alkyl halides is 2. The number of hydrogen-bond acceptors (Lipinski definition) is 8. The number of nitrogens with one attached hydrogen (secondary N) is 1. The van der Waals surface area contributed by atoms with Gasteiger partial charge < -0.3 is 20.0 Å². The van der Waals surface area contributed by atoms with Gasteiger partial charge >= 0.3 is 0 Å². The number of benzene rings is 1. The van der Waals surface area contributed by atoms with E-state index in [4.69, 9.17) is 10.2 Å². The summed E-state index contributed by atoms with van der Waals surface area (Å²) in [5.41, 5.74) is 7.97. The van der Waals surface area contributed by atoms with E-state index in [-0.39, 0.29) is 35.5 Å². The standard InChI is InChI=1S/C23H18F2N8O2/c24-16(25)12-33-8-6-28-17(33)11-30-22(34)20-21(26)32-19(23-29-7-9-35-23)18(31-20)14-3-4-15-13(10-14)2-1-5-27-15/h1-10,16H,11-12H2,(H2,26,32)(H,30,34). The SMILES string of the molecule is Nc1nc(-c2ncco2)c(-c2ccc3ncccc3c2)nc1C(=O)NCc1nccn1CC(F)F. The van der Waals surface area contributed by atoms with Crippen LogP contribution in [0.25, 0.3) is 33.7 Å². The molecule has 0 unspecified atom stereocenters. The van der Waals surface area contributed by atoms with Crippen molar-refractivity contribution in [1.29, 1.82) is 0 Å². The van der Waals surface area contributed by atoms with Crippen LogP contribution in [0.3, 0.4) is 0 Å². The number of carbonyl (C=O) groups excluding carboxylic acids is 1. The molecular weight excluding hydrogens is 458 g/mol. The molecule has 0 atom stereocenters. The van der Waals surface area contributed by atoms with E-state index in [1.165, 1.54) is 29.4 Å². The first-order valence-corrected chi connectivity index (χ1v) is 10.5. The maximum Gasteiger partial charge on any atom is 0.274 e. The zero-order valence-corrected chi connectivity index (χ0v) is 18.1. The van der Waals surface area contributed by atoms with Crippen LogP contribution in [0.5, 0.6) is 0 Å². The predicted molar refractivity (Wildman–Crippen MR) is 122 cm³/mol. The van der Waals surface area contributed by atoms with Crippen molar-refractivity contribution < 1.29 is 18.0 Å². The second-order valence-electron chi connectivity index (χ2n) is 7.47. The van der Waals surface area contributed by atoms with Gasteiger partial charge in [-0.3, -0.25) is 9.78 Å². The van der Waals surface area contributed by atoms with Gasteiger partial charge in [0.05, 0.1) is 24.8 Å². The Bertz CT molecular complexity index is 1500. The molecule has 0 aliphatic heterocycles. The molecule has 1 amide bonds. The molecule has 0 saturated heterocycles. The number of rotatable bonds is 7. The van der Waals surface area contributed by atoms with E-state index in [9.17, 15) is 13.6 Å². The normalized spacial score (nSPS) is 11.3. The van der Waals surface area contributed by atoms with Crippen LogP contribution in [-0.2, 0) is 13.1 Å². The number of nitrogen functional groups attached to an aromatic ring is 1. The van der Waals surface area contributed by atoms with Gasteiger partial charge in [-0.25, -0.2) is 28.7 Å². The summed E-state index contributed by atoms with van der Waals surface area (Å²) in [5.74, 6) is -0.322. The zero-order valence-electron chi connectivity index (χ0n) is 18.1. The van der Waals surface area contributed by atoms with Crippen LogP contribution in [0, 0.1) is 0 Å². The molecule has 5 aromatic rings. The summed E-state index contributed by atoms with van der Waals surface area (Å²) < 4.78 is 32.2. The van der Waals surface area contributed by atoms with E-state index in [0.29, 0.717) is 11.3 Å². The largest absolute Gasteiger partial charge is 0.443 e. The summed E-state index contributed by atoms with van der Waals surface area (Å²) in [5, 5.41) is 3.48. The quantitative estimate of drug-likeness (QED) is 0.365. The Labute approximate surface area is 196 Å². The van der Waals surface area contributed by atoms with Crippen LogP contribution < -0.4 is 11.1 Å². The Morgan fingerprint density at radius 3 is 2.77 bits per heavy atom. The van der Waals surface area contributed by atoms with Crippen molar-refractivity contribution in [1.82, 2.24) is 34.8 Å². The fourth-order valence-corrected chi connectivity index (χ4v) is 3.59. The predicted octanol–water partition coefficient (Wildman–Crippen LogP) is 3.32. The maximum absolute atomic E-state index is 13.0. The zero-order chi connectivity index (χ0) is 24.4. The first-order chi connectivity index (χ1) is 17.0. The van der Waals surface area contributed by atoms with Crippen molar-refractivity contribution in [2.24, 2.45) is 0 Å². The number of nitrogens with two attached hydrogens (primary N) is 1. The van der Waals surface area contributed by atoms with Crippen LogP contribution in [0.2, 0.25) is 0 Å². The smallest absolute Gasteiger partial charge is 0.274 e. The van der Waals surface area contributed by atoms with Gasteiger partial charge in [0, 0.05) is 29.5 Å². The molecule has 3 N–H and O–H groups in total. The molecule has 0 bridgehead atoms. The first kappa shape index (κ1) is 22.1. The van der Waals surface area contributed by atoms with Crippen LogP contribution in [-0.4, -0.2) is 41.8 Å². The highest BCUT2D eigenvalue weighted by Crippen LogP contribution is 2.31. The molecular formula is C23H18F2N8O2. The lowest BCUT2D eigenvalue weighted by Crippen LogP contribution is -2.27. The summed E-state index contributed by atoms with van der Waals surface area (Å²) in [6.07, 6.45) is 4.79. The lowest BCUT2D eigenvalue weighted by molar-refractivity contribution is 0.0944. The average Bonchev–Trinajstić information content (AvgIpc) is 3.54. The summed E-state index contributed by atoms with van der Waals surface area (Å²) in [4.78, 5) is 34.3. The number of anilines is 1.